The van der Waals surface area contributed by atoms with Crippen molar-refractivity contribution < 1.29 is 4.39 Å². The van der Waals surface area contributed by atoms with Gasteiger partial charge in [-0.2, -0.15) is 0 Å². The standard InChI is InChI=1S/C17H20FN/c1-3-15-8-4-5-10-17(15)19-13(2)11-14-7-6-9-16(18)12-14/h4-10,12-13,19H,3,11H2,1-2H3. The van der Waals surface area contributed by atoms with E-state index in [1.165, 1.54) is 17.3 Å². The maximum absolute atomic E-state index is 13.1. The summed E-state index contributed by atoms with van der Waals surface area (Å²) in [6.07, 6.45) is 1.83. The Morgan fingerprint density at radius 1 is 1.11 bits per heavy atom. The van der Waals surface area contributed by atoms with Crippen molar-refractivity contribution in [3.63, 3.8) is 0 Å². The molecule has 0 saturated carbocycles. The molecule has 0 bridgehead atoms. The van der Waals surface area contributed by atoms with Crippen molar-refractivity contribution in [2.24, 2.45) is 0 Å². The van der Waals surface area contributed by atoms with Crippen molar-refractivity contribution in [1.82, 2.24) is 0 Å². The third-order valence-electron chi connectivity index (χ3n) is 3.23. The molecule has 1 N–H and O–H groups in total. The van der Waals surface area contributed by atoms with Gasteiger partial charge in [0.2, 0.25) is 0 Å². The lowest BCUT2D eigenvalue weighted by Gasteiger charge is -2.18. The molecule has 1 nitrogen and oxygen atoms in total. The molecule has 1 atom stereocenters. The van der Waals surface area contributed by atoms with Crippen molar-refractivity contribution in [3.05, 3.63) is 65.5 Å². The Hall–Kier alpha value is -1.83. The number of hydrogen-bond donors (Lipinski definition) is 1. The molecule has 2 heteroatoms. The SMILES string of the molecule is CCc1ccccc1NC(C)Cc1cccc(F)c1. The molecule has 0 saturated heterocycles. The Morgan fingerprint density at radius 3 is 2.63 bits per heavy atom. The van der Waals surface area contributed by atoms with E-state index < -0.39 is 0 Å². The Balaban J connectivity index is 2.03. The molecule has 2 rings (SSSR count). The van der Waals surface area contributed by atoms with Gasteiger partial charge in [0.05, 0.1) is 0 Å². The van der Waals surface area contributed by atoms with Gasteiger partial charge in [0, 0.05) is 11.7 Å². The molecule has 0 amide bonds. The maximum Gasteiger partial charge on any atom is 0.123 e. The first kappa shape index (κ1) is 13.6. The van der Waals surface area contributed by atoms with Crippen molar-refractivity contribution in [2.75, 3.05) is 5.32 Å². The van der Waals surface area contributed by atoms with Gasteiger partial charge in [-0.05, 0) is 49.1 Å². The van der Waals surface area contributed by atoms with E-state index in [9.17, 15) is 4.39 Å². The second kappa shape index (κ2) is 6.37. The summed E-state index contributed by atoms with van der Waals surface area (Å²) in [6.45, 7) is 4.27. The zero-order valence-electron chi connectivity index (χ0n) is 11.5. The summed E-state index contributed by atoms with van der Waals surface area (Å²) in [7, 11) is 0. The van der Waals surface area contributed by atoms with Gasteiger partial charge in [-0.25, -0.2) is 4.39 Å². The van der Waals surface area contributed by atoms with Crippen LogP contribution in [0.2, 0.25) is 0 Å². The number of hydrogen-bond acceptors (Lipinski definition) is 1. The van der Waals surface area contributed by atoms with Gasteiger partial charge in [0.15, 0.2) is 0 Å². The number of halogens is 1. The normalized spacial score (nSPS) is 12.2. The third kappa shape index (κ3) is 3.82. The number of aryl methyl sites for hydroxylation is 1. The molecule has 0 radical (unpaired) electrons. The smallest absolute Gasteiger partial charge is 0.123 e. The van der Waals surface area contributed by atoms with Crippen molar-refractivity contribution in [1.29, 1.82) is 0 Å². The molecular weight excluding hydrogens is 237 g/mol. The molecule has 0 aliphatic heterocycles. The van der Waals surface area contributed by atoms with Gasteiger partial charge in [-0.1, -0.05) is 37.3 Å². The van der Waals surface area contributed by atoms with Crippen LogP contribution in [-0.4, -0.2) is 6.04 Å². The fourth-order valence-electron chi connectivity index (χ4n) is 2.30. The first-order valence-corrected chi connectivity index (χ1v) is 6.78. The zero-order valence-corrected chi connectivity index (χ0v) is 11.5. The number of para-hydroxylation sites is 1. The first-order chi connectivity index (χ1) is 9.19. The van der Waals surface area contributed by atoms with E-state index in [1.54, 1.807) is 12.1 Å². The average Bonchev–Trinajstić information content (AvgIpc) is 2.39. The summed E-state index contributed by atoms with van der Waals surface area (Å²) in [6, 6.07) is 15.4. The largest absolute Gasteiger partial charge is 0.382 e. The molecule has 2 aromatic rings. The Morgan fingerprint density at radius 2 is 1.89 bits per heavy atom. The molecule has 0 aliphatic rings. The van der Waals surface area contributed by atoms with E-state index in [0.717, 1.165) is 18.4 Å². The minimum absolute atomic E-state index is 0.168. The average molecular weight is 257 g/mol. The minimum Gasteiger partial charge on any atom is -0.382 e. The molecule has 0 spiro atoms. The number of benzene rings is 2. The van der Waals surface area contributed by atoms with Gasteiger partial charge in [-0.3, -0.25) is 0 Å². The van der Waals surface area contributed by atoms with Crippen LogP contribution in [0.5, 0.6) is 0 Å². The number of nitrogens with one attached hydrogen (secondary N) is 1. The monoisotopic (exact) mass is 257 g/mol. The highest BCUT2D eigenvalue weighted by Gasteiger charge is 2.06. The summed E-state index contributed by atoms with van der Waals surface area (Å²) >= 11 is 0. The van der Waals surface area contributed by atoms with Crippen LogP contribution in [0.4, 0.5) is 10.1 Å². The highest BCUT2D eigenvalue weighted by atomic mass is 19.1. The van der Waals surface area contributed by atoms with Crippen LogP contribution in [0.3, 0.4) is 0 Å². The molecule has 1 unspecified atom stereocenters. The Labute approximate surface area is 114 Å². The van der Waals surface area contributed by atoms with Gasteiger partial charge in [-0.15, -0.1) is 0 Å². The van der Waals surface area contributed by atoms with Crippen LogP contribution >= 0.6 is 0 Å². The highest BCUT2D eigenvalue weighted by Crippen LogP contribution is 2.17. The van der Waals surface area contributed by atoms with Crippen LogP contribution in [0.25, 0.3) is 0 Å². The van der Waals surface area contributed by atoms with Gasteiger partial charge in [0.25, 0.3) is 0 Å². The van der Waals surface area contributed by atoms with Crippen LogP contribution in [0.1, 0.15) is 25.0 Å². The van der Waals surface area contributed by atoms with Crippen LogP contribution < -0.4 is 5.32 Å². The van der Waals surface area contributed by atoms with E-state index in [1.807, 2.05) is 12.1 Å². The van der Waals surface area contributed by atoms with Gasteiger partial charge < -0.3 is 5.32 Å². The highest BCUT2D eigenvalue weighted by molar-refractivity contribution is 5.51. The number of anilines is 1. The van der Waals surface area contributed by atoms with Gasteiger partial charge >= 0.3 is 0 Å². The molecule has 2 aromatic carbocycles. The summed E-state index contributed by atoms with van der Waals surface area (Å²) in [5, 5.41) is 3.51. The molecule has 0 fully saturated rings. The fourth-order valence-corrected chi connectivity index (χ4v) is 2.30. The van der Waals surface area contributed by atoms with E-state index in [-0.39, 0.29) is 11.9 Å². The van der Waals surface area contributed by atoms with Crippen molar-refractivity contribution in [3.8, 4) is 0 Å². The molecule has 19 heavy (non-hydrogen) atoms. The Kier molecular flexibility index (Phi) is 4.56. The Bertz CT molecular complexity index is 536. The van der Waals surface area contributed by atoms with E-state index in [0.29, 0.717) is 0 Å². The van der Waals surface area contributed by atoms with Crippen LogP contribution in [0.15, 0.2) is 48.5 Å². The third-order valence-corrected chi connectivity index (χ3v) is 3.23. The summed E-state index contributed by atoms with van der Waals surface area (Å²) in [5.74, 6) is -0.168. The molecule has 100 valence electrons. The predicted molar refractivity (Wildman–Crippen MR) is 79.0 cm³/mol. The zero-order chi connectivity index (χ0) is 13.7. The summed E-state index contributed by atoms with van der Waals surface area (Å²) in [4.78, 5) is 0. The lowest BCUT2D eigenvalue weighted by atomic mass is 10.1. The van der Waals surface area contributed by atoms with Crippen molar-refractivity contribution >= 4 is 5.69 Å². The predicted octanol–water partition coefficient (Wildman–Crippen LogP) is 4.43. The molecule has 0 aliphatic carbocycles. The lowest BCUT2D eigenvalue weighted by Crippen LogP contribution is -2.19. The second-order valence-electron chi connectivity index (χ2n) is 4.89. The summed E-state index contributed by atoms with van der Waals surface area (Å²) in [5.41, 5.74) is 3.51. The van der Waals surface area contributed by atoms with Crippen LogP contribution in [-0.2, 0) is 12.8 Å². The molecule has 0 aromatic heterocycles. The molecule has 0 heterocycles. The quantitative estimate of drug-likeness (QED) is 0.835. The lowest BCUT2D eigenvalue weighted by molar-refractivity contribution is 0.624. The topological polar surface area (TPSA) is 12.0 Å². The second-order valence-corrected chi connectivity index (χ2v) is 4.89. The number of rotatable bonds is 5. The van der Waals surface area contributed by atoms with Crippen molar-refractivity contribution in [2.45, 2.75) is 32.7 Å². The summed E-state index contributed by atoms with van der Waals surface area (Å²) < 4.78 is 13.1. The minimum atomic E-state index is -0.168. The first-order valence-electron chi connectivity index (χ1n) is 6.78. The fraction of sp³-hybridized carbons (Fsp3) is 0.294. The van der Waals surface area contributed by atoms with Gasteiger partial charge in [0.1, 0.15) is 5.82 Å². The molecular formula is C17H20FN. The van der Waals surface area contributed by atoms with Crippen LogP contribution in [0, 0.1) is 5.82 Å². The van der Waals surface area contributed by atoms with E-state index in [2.05, 4.69) is 37.4 Å². The van der Waals surface area contributed by atoms with E-state index in [4.69, 9.17) is 0 Å². The maximum atomic E-state index is 13.1. The van der Waals surface area contributed by atoms with E-state index >= 15 is 0 Å².